The van der Waals surface area contributed by atoms with E-state index >= 15 is 0 Å². The molecule has 1 aliphatic carbocycles. The summed E-state index contributed by atoms with van der Waals surface area (Å²) in [6, 6.07) is 3.92. The van der Waals surface area contributed by atoms with Crippen LogP contribution in [-0.4, -0.2) is 67.7 Å². The molecule has 1 aromatic heterocycles. The van der Waals surface area contributed by atoms with Crippen LogP contribution < -0.4 is 20.3 Å². The zero-order chi connectivity index (χ0) is 20.9. The van der Waals surface area contributed by atoms with E-state index in [2.05, 4.69) is 34.4 Å². The first-order chi connectivity index (χ1) is 14.7. The number of anilines is 1. The number of aromatic nitrogens is 1. The predicted molar refractivity (Wildman–Crippen MR) is 114 cm³/mol. The molecule has 1 aromatic rings. The van der Waals surface area contributed by atoms with E-state index in [4.69, 9.17) is 14.2 Å². The Morgan fingerprint density at radius 1 is 1.10 bits per heavy atom. The highest BCUT2D eigenvalue weighted by Crippen LogP contribution is 2.30. The summed E-state index contributed by atoms with van der Waals surface area (Å²) >= 11 is 0. The molecule has 2 saturated heterocycles. The van der Waals surface area contributed by atoms with Crippen LogP contribution in [0.1, 0.15) is 46.0 Å². The van der Waals surface area contributed by atoms with Gasteiger partial charge in [-0.3, -0.25) is 0 Å². The Bertz CT molecular complexity index is 691. The van der Waals surface area contributed by atoms with Gasteiger partial charge in [0.25, 0.3) is 0 Å². The summed E-state index contributed by atoms with van der Waals surface area (Å²) < 4.78 is 18.0. The number of hydrogen-bond acceptors (Lipinski definition) is 6. The molecule has 0 radical (unpaired) electrons. The summed E-state index contributed by atoms with van der Waals surface area (Å²) in [6.45, 7) is 6.94. The van der Waals surface area contributed by atoms with Crippen molar-refractivity contribution in [3.05, 3.63) is 18.3 Å². The second-order valence-electron chi connectivity index (χ2n) is 8.34. The third kappa shape index (κ3) is 4.81. The normalized spacial score (nSPS) is 28.7. The third-order valence-electron chi connectivity index (χ3n) is 6.36. The van der Waals surface area contributed by atoms with Crippen LogP contribution in [0.25, 0.3) is 0 Å². The quantitative estimate of drug-likeness (QED) is 0.708. The number of carbonyl (C=O) groups excluding carboxylic acids is 1. The van der Waals surface area contributed by atoms with E-state index in [0.717, 1.165) is 31.7 Å². The average molecular weight is 419 g/mol. The number of amides is 2. The summed E-state index contributed by atoms with van der Waals surface area (Å²) in [6.07, 6.45) is 6.95. The number of hydrogen-bond donors (Lipinski definition) is 2. The summed E-state index contributed by atoms with van der Waals surface area (Å²) in [5.74, 6) is 1.65. The molecule has 2 amide bonds. The van der Waals surface area contributed by atoms with E-state index in [9.17, 15) is 4.79 Å². The number of fused-ring (bicyclic) bond motifs is 1. The molecule has 166 valence electrons. The third-order valence-corrected chi connectivity index (χ3v) is 6.36. The number of nitrogens with one attached hydrogen (secondary N) is 2. The van der Waals surface area contributed by atoms with Gasteiger partial charge in [-0.1, -0.05) is 19.3 Å². The second kappa shape index (κ2) is 9.83. The molecule has 0 spiro atoms. The molecule has 0 aromatic carbocycles. The lowest BCUT2D eigenvalue weighted by Crippen LogP contribution is -2.51. The lowest BCUT2D eigenvalue weighted by molar-refractivity contribution is 0.0302. The van der Waals surface area contributed by atoms with Crippen LogP contribution in [0.4, 0.5) is 10.6 Å². The first kappa shape index (κ1) is 21.2. The summed E-state index contributed by atoms with van der Waals surface area (Å²) in [7, 11) is 0. The molecule has 30 heavy (non-hydrogen) atoms. The van der Waals surface area contributed by atoms with Crippen LogP contribution >= 0.6 is 0 Å². The lowest BCUT2D eigenvalue weighted by Gasteiger charge is -2.24. The molecule has 0 unspecified atom stereocenters. The molecule has 4 atom stereocenters. The van der Waals surface area contributed by atoms with Gasteiger partial charge in [0.2, 0.25) is 0 Å². The largest absolute Gasteiger partial charge is 0.484 e. The highest BCUT2D eigenvalue weighted by molar-refractivity contribution is 5.74. The van der Waals surface area contributed by atoms with Crippen molar-refractivity contribution in [3.8, 4) is 5.75 Å². The van der Waals surface area contributed by atoms with Crippen molar-refractivity contribution in [2.75, 3.05) is 31.2 Å². The van der Waals surface area contributed by atoms with Gasteiger partial charge in [-0.2, -0.15) is 0 Å². The van der Waals surface area contributed by atoms with Gasteiger partial charge in [0.15, 0.2) is 6.10 Å². The Hall–Kier alpha value is -2.06. The maximum absolute atomic E-state index is 12.4. The first-order valence-electron chi connectivity index (χ1n) is 11.4. The van der Waals surface area contributed by atoms with Gasteiger partial charge in [-0.15, -0.1) is 0 Å². The van der Waals surface area contributed by atoms with E-state index in [-0.39, 0.29) is 36.4 Å². The van der Waals surface area contributed by atoms with Gasteiger partial charge in [0.1, 0.15) is 23.8 Å². The van der Waals surface area contributed by atoms with E-state index in [1.807, 2.05) is 12.1 Å². The Morgan fingerprint density at radius 3 is 2.57 bits per heavy atom. The monoisotopic (exact) mass is 418 g/mol. The molecule has 0 bridgehead atoms. The van der Waals surface area contributed by atoms with Gasteiger partial charge in [-0.05, 0) is 38.8 Å². The number of carbonyl (C=O) groups is 1. The Kier molecular flexibility index (Phi) is 6.94. The molecule has 8 heteroatoms. The van der Waals surface area contributed by atoms with Crippen molar-refractivity contribution in [3.63, 3.8) is 0 Å². The van der Waals surface area contributed by atoms with Crippen LogP contribution in [0, 0.1) is 0 Å². The van der Waals surface area contributed by atoms with Gasteiger partial charge < -0.3 is 29.7 Å². The first-order valence-corrected chi connectivity index (χ1v) is 11.4. The Morgan fingerprint density at radius 2 is 1.87 bits per heavy atom. The van der Waals surface area contributed by atoms with Crippen LogP contribution in [0.15, 0.2) is 18.3 Å². The highest BCUT2D eigenvalue weighted by Gasteiger charge is 2.49. The van der Waals surface area contributed by atoms with Crippen molar-refractivity contribution in [1.29, 1.82) is 0 Å². The lowest BCUT2D eigenvalue weighted by atomic mass is 9.96. The van der Waals surface area contributed by atoms with Crippen molar-refractivity contribution in [1.82, 2.24) is 15.6 Å². The maximum Gasteiger partial charge on any atom is 0.315 e. The fraction of sp³-hybridized carbons (Fsp3) is 0.727. The minimum atomic E-state index is -0.204. The van der Waals surface area contributed by atoms with Crippen LogP contribution in [0.5, 0.6) is 5.75 Å². The molecule has 3 heterocycles. The number of rotatable bonds is 7. The second-order valence-corrected chi connectivity index (χ2v) is 8.34. The van der Waals surface area contributed by atoms with E-state index in [1.165, 1.54) is 19.3 Å². The van der Waals surface area contributed by atoms with Crippen molar-refractivity contribution in [2.24, 2.45) is 0 Å². The Balaban J connectivity index is 1.28. The van der Waals surface area contributed by atoms with Crippen molar-refractivity contribution < 1.29 is 19.0 Å². The fourth-order valence-corrected chi connectivity index (χ4v) is 4.68. The smallest absolute Gasteiger partial charge is 0.315 e. The average Bonchev–Trinajstić information content (AvgIpc) is 3.34. The minimum Gasteiger partial charge on any atom is -0.484 e. The van der Waals surface area contributed by atoms with Gasteiger partial charge in [0, 0.05) is 19.1 Å². The van der Waals surface area contributed by atoms with E-state index in [1.54, 1.807) is 6.20 Å². The van der Waals surface area contributed by atoms with Gasteiger partial charge in [0.05, 0.1) is 25.5 Å². The fourth-order valence-electron chi connectivity index (χ4n) is 4.68. The Labute approximate surface area is 178 Å². The maximum atomic E-state index is 12.4. The molecule has 4 rings (SSSR count). The molecule has 1 saturated carbocycles. The zero-order valence-electron chi connectivity index (χ0n) is 18.0. The SMILES string of the molecule is CCN(CC)c1ccc(O[C@H]2CO[C@H]3[C@@H]2OC[C@@H]3NC(=O)NC2CCCCC2)cn1. The summed E-state index contributed by atoms with van der Waals surface area (Å²) in [4.78, 5) is 19.1. The number of urea groups is 1. The zero-order valence-corrected chi connectivity index (χ0v) is 18.0. The van der Waals surface area contributed by atoms with Crippen LogP contribution in [-0.2, 0) is 9.47 Å². The van der Waals surface area contributed by atoms with Crippen LogP contribution in [0.3, 0.4) is 0 Å². The molecular formula is C22H34N4O4. The van der Waals surface area contributed by atoms with E-state index in [0.29, 0.717) is 19.0 Å². The topological polar surface area (TPSA) is 85.0 Å². The summed E-state index contributed by atoms with van der Waals surface area (Å²) in [5.41, 5.74) is 0. The van der Waals surface area contributed by atoms with Crippen molar-refractivity contribution in [2.45, 2.75) is 76.3 Å². The molecule has 2 N–H and O–H groups in total. The van der Waals surface area contributed by atoms with Crippen LogP contribution in [0.2, 0.25) is 0 Å². The molecule has 8 nitrogen and oxygen atoms in total. The number of pyridine rings is 1. The number of nitrogens with zero attached hydrogens (tertiary/aromatic N) is 2. The molecular weight excluding hydrogens is 384 g/mol. The van der Waals surface area contributed by atoms with Gasteiger partial charge in [-0.25, -0.2) is 9.78 Å². The number of ether oxygens (including phenoxy) is 3. The molecule has 3 fully saturated rings. The standard InChI is InChI=1S/C22H34N4O4/c1-3-26(4-2)19-11-10-16(12-23-19)30-18-14-29-20-17(13-28-21(18)20)25-22(27)24-15-8-6-5-7-9-15/h10-12,15,17-18,20-21H,3-9,13-14H2,1-2H3,(H2,24,25,27)/t17-,18-,20+,21+/m0/s1. The highest BCUT2D eigenvalue weighted by atomic mass is 16.6. The molecule has 2 aliphatic heterocycles. The predicted octanol–water partition coefficient (Wildman–Crippen LogP) is 2.47. The van der Waals surface area contributed by atoms with Gasteiger partial charge >= 0.3 is 6.03 Å². The summed E-state index contributed by atoms with van der Waals surface area (Å²) in [5, 5.41) is 6.14. The van der Waals surface area contributed by atoms with E-state index < -0.39 is 0 Å². The minimum absolute atomic E-state index is 0.125. The molecule has 3 aliphatic rings. The van der Waals surface area contributed by atoms with Crippen molar-refractivity contribution >= 4 is 11.8 Å².